The molecule has 4 nitrogen and oxygen atoms in total. The zero-order valence-corrected chi connectivity index (χ0v) is 9.07. The van der Waals surface area contributed by atoms with Crippen LogP contribution in [0.4, 0.5) is 5.82 Å². The number of anilines is 1. The summed E-state index contributed by atoms with van der Waals surface area (Å²) in [6, 6.07) is 0.231. The van der Waals surface area contributed by atoms with Gasteiger partial charge in [0.05, 0.1) is 5.69 Å². The normalized spacial score (nSPS) is 12.6. The van der Waals surface area contributed by atoms with Crippen LogP contribution in [0.25, 0.3) is 0 Å². The van der Waals surface area contributed by atoms with Crippen LogP contribution < -0.4 is 10.6 Å². The van der Waals surface area contributed by atoms with E-state index in [4.69, 9.17) is 5.73 Å². The molecule has 0 radical (unpaired) electrons. The molecular formula is C10H18N4. The Bertz CT molecular complexity index is 285. The van der Waals surface area contributed by atoms with Crippen molar-refractivity contribution in [2.75, 3.05) is 18.5 Å². The first-order chi connectivity index (χ1) is 6.61. The Kier molecular flexibility index (Phi) is 3.83. The summed E-state index contributed by atoms with van der Waals surface area (Å²) in [5, 5.41) is 0. The van der Waals surface area contributed by atoms with Gasteiger partial charge in [-0.3, -0.25) is 4.98 Å². The number of hydrogen-bond donors (Lipinski definition) is 1. The van der Waals surface area contributed by atoms with Crippen LogP contribution >= 0.6 is 0 Å². The Labute approximate surface area is 85.2 Å². The average Bonchev–Trinajstić information content (AvgIpc) is 2.15. The third kappa shape index (κ3) is 2.96. The summed E-state index contributed by atoms with van der Waals surface area (Å²) in [4.78, 5) is 10.6. The molecule has 1 atom stereocenters. The molecule has 14 heavy (non-hydrogen) atoms. The maximum atomic E-state index is 5.69. The van der Waals surface area contributed by atoms with E-state index in [1.165, 1.54) is 0 Å². The Morgan fingerprint density at radius 3 is 2.64 bits per heavy atom. The van der Waals surface area contributed by atoms with Gasteiger partial charge < -0.3 is 10.6 Å². The molecule has 0 spiro atoms. The zero-order valence-electron chi connectivity index (χ0n) is 9.07. The van der Waals surface area contributed by atoms with Gasteiger partial charge in [0.15, 0.2) is 0 Å². The lowest BCUT2D eigenvalue weighted by atomic mass is 10.2. The van der Waals surface area contributed by atoms with Crippen LogP contribution in [-0.4, -0.2) is 29.6 Å². The third-order valence-electron chi connectivity index (χ3n) is 2.14. The molecule has 0 aliphatic heterocycles. The predicted octanol–water partition coefficient (Wildman–Crippen LogP) is 0.959. The number of nitrogens with zero attached hydrogens (tertiary/aromatic N) is 3. The Morgan fingerprint density at radius 1 is 1.43 bits per heavy atom. The van der Waals surface area contributed by atoms with Gasteiger partial charge in [0.1, 0.15) is 5.82 Å². The van der Waals surface area contributed by atoms with Crippen molar-refractivity contribution in [1.82, 2.24) is 9.97 Å². The molecule has 1 heterocycles. The first-order valence-corrected chi connectivity index (χ1v) is 4.85. The highest BCUT2D eigenvalue weighted by atomic mass is 15.2. The fourth-order valence-electron chi connectivity index (χ4n) is 1.28. The molecule has 1 rings (SSSR count). The molecule has 0 aliphatic carbocycles. The second-order valence-corrected chi connectivity index (χ2v) is 3.65. The van der Waals surface area contributed by atoms with E-state index in [1.54, 1.807) is 12.4 Å². The van der Waals surface area contributed by atoms with E-state index in [-0.39, 0.29) is 6.04 Å². The van der Waals surface area contributed by atoms with Crippen LogP contribution in [0, 0.1) is 6.92 Å². The summed E-state index contributed by atoms with van der Waals surface area (Å²) in [6.45, 7) is 4.89. The molecule has 0 aromatic carbocycles. The van der Waals surface area contributed by atoms with E-state index in [0.717, 1.165) is 24.5 Å². The highest BCUT2D eigenvalue weighted by Crippen LogP contribution is 2.11. The Hall–Kier alpha value is -1.16. The van der Waals surface area contributed by atoms with Crippen LogP contribution in [-0.2, 0) is 0 Å². The van der Waals surface area contributed by atoms with Crippen molar-refractivity contribution < 1.29 is 0 Å². The van der Waals surface area contributed by atoms with E-state index < -0.39 is 0 Å². The van der Waals surface area contributed by atoms with Crippen LogP contribution in [0.15, 0.2) is 12.4 Å². The predicted molar refractivity (Wildman–Crippen MR) is 58.3 cm³/mol. The minimum Gasteiger partial charge on any atom is -0.358 e. The zero-order chi connectivity index (χ0) is 10.6. The van der Waals surface area contributed by atoms with Gasteiger partial charge in [-0.15, -0.1) is 0 Å². The molecule has 0 aliphatic rings. The number of nitrogens with two attached hydrogens (primary N) is 1. The maximum absolute atomic E-state index is 5.69. The van der Waals surface area contributed by atoms with Crippen molar-refractivity contribution in [3.05, 3.63) is 18.1 Å². The van der Waals surface area contributed by atoms with Crippen molar-refractivity contribution in [3.63, 3.8) is 0 Å². The highest BCUT2D eigenvalue weighted by molar-refractivity contribution is 5.40. The topological polar surface area (TPSA) is 55.0 Å². The van der Waals surface area contributed by atoms with Crippen LogP contribution in [0.3, 0.4) is 0 Å². The van der Waals surface area contributed by atoms with Crippen LogP contribution in [0.2, 0.25) is 0 Å². The lowest BCUT2D eigenvalue weighted by Crippen LogP contribution is -2.27. The minimum absolute atomic E-state index is 0.231. The lowest BCUT2D eigenvalue weighted by Gasteiger charge is -2.20. The molecule has 0 fully saturated rings. The smallest absolute Gasteiger partial charge is 0.149 e. The molecule has 0 amide bonds. The van der Waals surface area contributed by atoms with Crippen molar-refractivity contribution >= 4 is 5.82 Å². The van der Waals surface area contributed by atoms with Gasteiger partial charge in [-0.25, -0.2) is 4.98 Å². The molecule has 0 bridgehead atoms. The second-order valence-electron chi connectivity index (χ2n) is 3.65. The number of hydrogen-bond acceptors (Lipinski definition) is 4. The fourth-order valence-corrected chi connectivity index (χ4v) is 1.28. The summed E-state index contributed by atoms with van der Waals surface area (Å²) in [6.07, 6.45) is 4.38. The van der Waals surface area contributed by atoms with E-state index >= 15 is 0 Å². The minimum atomic E-state index is 0.231. The third-order valence-corrected chi connectivity index (χ3v) is 2.14. The van der Waals surface area contributed by atoms with Crippen LogP contribution in [0.5, 0.6) is 0 Å². The molecule has 0 saturated carbocycles. The first-order valence-electron chi connectivity index (χ1n) is 4.85. The molecule has 0 saturated heterocycles. The van der Waals surface area contributed by atoms with Gasteiger partial charge in [-0.2, -0.15) is 0 Å². The molecule has 1 unspecified atom stereocenters. The monoisotopic (exact) mass is 194 g/mol. The van der Waals surface area contributed by atoms with Gasteiger partial charge in [0.2, 0.25) is 0 Å². The second kappa shape index (κ2) is 4.91. The van der Waals surface area contributed by atoms with Crippen molar-refractivity contribution in [2.45, 2.75) is 26.3 Å². The number of aromatic nitrogens is 2. The van der Waals surface area contributed by atoms with Crippen molar-refractivity contribution in [3.8, 4) is 0 Å². The highest BCUT2D eigenvalue weighted by Gasteiger charge is 2.06. The first kappa shape index (κ1) is 10.9. The van der Waals surface area contributed by atoms with Gasteiger partial charge >= 0.3 is 0 Å². The van der Waals surface area contributed by atoms with Gasteiger partial charge in [0.25, 0.3) is 0 Å². The number of aryl methyl sites for hydroxylation is 1. The Balaban J connectivity index is 2.60. The SMILES string of the molecule is Cc1nccnc1N(C)CCC(C)N. The fraction of sp³-hybridized carbons (Fsp3) is 0.600. The van der Waals surface area contributed by atoms with Crippen LogP contribution in [0.1, 0.15) is 19.0 Å². The summed E-state index contributed by atoms with van der Waals surface area (Å²) in [7, 11) is 2.01. The van der Waals surface area contributed by atoms with Gasteiger partial charge in [0, 0.05) is 32.0 Å². The summed E-state index contributed by atoms with van der Waals surface area (Å²) < 4.78 is 0. The van der Waals surface area contributed by atoms with Gasteiger partial charge in [-0.1, -0.05) is 0 Å². The van der Waals surface area contributed by atoms with Crippen molar-refractivity contribution in [1.29, 1.82) is 0 Å². The van der Waals surface area contributed by atoms with Crippen molar-refractivity contribution in [2.24, 2.45) is 5.73 Å². The average molecular weight is 194 g/mol. The summed E-state index contributed by atoms with van der Waals surface area (Å²) >= 11 is 0. The molecule has 1 aromatic heterocycles. The van der Waals surface area contributed by atoms with E-state index in [9.17, 15) is 0 Å². The molecule has 4 heteroatoms. The standard InChI is InChI=1S/C10H18N4/c1-8(11)4-7-14(3)10-9(2)12-5-6-13-10/h5-6,8H,4,7,11H2,1-3H3. The van der Waals surface area contributed by atoms with E-state index in [0.29, 0.717) is 0 Å². The van der Waals surface area contributed by atoms with E-state index in [2.05, 4.69) is 14.9 Å². The molecule has 78 valence electrons. The summed E-state index contributed by atoms with van der Waals surface area (Å²) in [5.74, 6) is 0.938. The van der Waals surface area contributed by atoms with Gasteiger partial charge in [-0.05, 0) is 20.3 Å². The van der Waals surface area contributed by atoms with E-state index in [1.807, 2.05) is 20.9 Å². The summed E-state index contributed by atoms with van der Waals surface area (Å²) in [5.41, 5.74) is 6.65. The number of rotatable bonds is 4. The largest absolute Gasteiger partial charge is 0.358 e. The molecule has 1 aromatic rings. The Morgan fingerprint density at radius 2 is 2.07 bits per heavy atom. The maximum Gasteiger partial charge on any atom is 0.149 e. The molecular weight excluding hydrogens is 176 g/mol. The molecule has 2 N–H and O–H groups in total. The lowest BCUT2D eigenvalue weighted by molar-refractivity contribution is 0.655. The quantitative estimate of drug-likeness (QED) is 0.775.